The highest BCUT2D eigenvalue weighted by atomic mass is 35.5. The zero-order chi connectivity index (χ0) is 23.7. The van der Waals surface area contributed by atoms with Crippen LogP contribution in [-0.2, 0) is 0 Å². The van der Waals surface area contributed by atoms with E-state index in [2.05, 4.69) is 20.3 Å². The van der Waals surface area contributed by atoms with Gasteiger partial charge in [-0.1, -0.05) is 23.7 Å². The molecule has 34 heavy (non-hydrogen) atoms. The Labute approximate surface area is 200 Å². The second-order valence-electron chi connectivity index (χ2n) is 7.93. The van der Waals surface area contributed by atoms with Gasteiger partial charge in [-0.15, -0.1) is 0 Å². The normalized spacial score (nSPS) is 17.1. The number of aliphatic hydroxyl groups excluding tert-OH is 1. The van der Waals surface area contributed by atoms with Crippen molar-refractivity contribution in [3.8, 4) is 22.6 Å². The molecule has 10 heteroatoms. The van der Waals surface area contributed by atoms with Crippen molar-refractivity contribution in [1.82, 2.24) is 15.0 Å². The van der Waals surface area contributed by atoms with Crippen molar-refractivity contribution in [2.75, 3.05) is 16.0 Å². The van der Waals surface area contributed by atoms with Gasteiger partial charge in [0.2, 0.25) is 0 Å². The Hall–Kier alpha value is -3.95. The van der Waals surface area contributed by atoms with Crippen LogP contribution in [0.4, 0.5) is 22.1 Å². The molecular weight excluding hydrogens is 456 g/mol. The van der Waals surface area contributed by atoms with E-state index in [0.29, 0.717) is 46.4 Å². The molecule has 1 saturated carbocycles. The Morgan fingerprint density at radius 1 is 1.18 bits per heavy atom. The molecule has 1 unspecified atom stereocenters. The van der Waals surface area contributed by atoms with E-state index in [4.69, 9.17) is 21.8 Å². The number of hydrogen-bond donors (Lipinski definition) is 3. The van der Waals surface area contributed by atoms with Crippen molar-refractivity contribution in [2.24, 2.45) is 0 Å². The standard InChI is InChI=1S/C24H21ClN6O3/c25-16-3-1-2-14(10-16)18-5-4-17(26)23(29-18)31(19-6-7-20(19)32)24(33)30-22-11-15(8-9-28-22)21-12-27-13-34-21/h1-5,8-13,19-20,32H,6-7,26H2,(H,28,30,33)/t19?,20-/m1/s1. The van der Waals surface area contributed by atoms with E-state index in [-0.39, 0.29) is 5.82 Å². The molecule has 0 radical (unpaired) electrons. The molecule has 1 aromatic carbocycles. The zero-order valence-electron chi connectivity index (χ0n) is 17.9. The third-order valence-electron chi connectivity index (χ3n) is 5.72. The molecule has 5 rings (SSSR count). The Morgan fingerprint density at radius 2 is 2.06 bits per heavy atom. The SMILES string of the molecule is Nc1ccc(-c2cccc(Cl)c2)nc1N(C(=O)Nc1cc(-c2cnco2)ccn1)C1CC[C@H]1O. The molecule has 172 valence electrons. The molecule has 0 aliphatic heterocycles. The molecule has 1 aliphatic rings. The number of aromatic nitrogens is 3. The van der Waals surface area contributed by atoms with Crippen LogP contribution in [0.2, 0.25) is 5.02 Å². The Balaban J connectivity index is 1.49. The Bertz CT molecular complexity index is 1330. The molecule has 1 aliphatic carbocycles. The molecule has 1 fully saturated rings. The number of nitrogens with one attached hydrogen (secondary N) is 1. The summed E-state index contributed by atoms with van der Waals surface area (Å²) < 4.78 is 5.32. The van der Waals surface area contributed by atoms with E-state index >= 15 is 0 Å². The van der Waals surface area contributed by atoms with Gasteiger partial charge in [0, 0.05) is 22.3 Å². The Kier molecular flexibility index (Phi) is 5.87. The van der Waals surface area contributed by atoms with Gasteiger partial charge >= 0.3 is 6.03 Å². The quantitative estimate of drug-likeness (QED) is 0.383. The average molecular weight is 477 g/mol. The largest absolute Gasteiger partial charge is 0.444 e. The number of carbonyl (C=O) groups excluding carboxylic acids is 1. The second kappa shape index (κ2) is 9.12. The third kappa shape index (κ3) is 4.30. The summed E-state index contributed by atoms with van der Waals surface area (Å²) in [7, 11) is 0. The van der Waals surface area contributed by atoms with Gasteiger partial charge < -0.3 is 15.3 Å². The fourth-order valence-electron chi connectivity index (χ4n) is 3.81. The smallest absolute Gasteiger partial charge is 0.329 e. The second-order valence-corrected chi connectivity index (χ2v) is 8.36. The molecule has 0 bridgehead atoms. The van der Waals surface area contributed by atoms with Gasteiger partial charge in [0.15, 0.2) is 18.0 Å². The highest BCUT2D eigenvalue weighted by molar-refractivity contribution is 6.30. The first-order valence-corrected chi connectivity index (χ1v) is 11.0. The lowest BCUT2D eigenvalue weighted by atomic mass is 9.88. The number of hydrogen-bond acceptors (Lipinski definition) is 7. The topological polar surface area (TPSA) is 130 Å². The monoisotopic (exact) mass is 476 g/mol. The fraction of sp³-hybridized carbons (Fsp3) is 0.167. The van der Waals surface area contributed by atoms with Gasteiger partial charge in [0.05, 0.1) is 29.7 Å². The van der Waals surface area contributed by atoms with E-state index in [0.717, 1.165) is 5.56 Å². The summed E-state index contributed by atoms with van der Waals surface area (Å²) in [4.78, 5) is 27.7. The van der Waals surface area contributed by atoms with Crippen molar-refractivity contribution in [1.29, 1.82) is 0 Å². The number of anilines is 3. The number of benzene rings is 1. The lowest BCUT2D eigenvalue weighted by Crippen LogP contribution is -2.55. The van der Waals surface area contributed by atoms with Crippen LogP contribution in [-0.4, -0.2) is 38.2 Å². The van der Waals surface area contributed by atoms with Crippen LogP contribution < -0.4 is 16.0 Å². The van der Waals surface area contributed by atoms with Crippen molar-refractivity contribution in [3.63, 3.8) is 0 Å². The number of halogens is 1. The summed E-state index contributed by atoms with van der Waals surface area (Å²) in [5.74, 6) is 1.11. The molecule has 3 heterocycles. The molecule has 0 saturated heterocycles. The lowest BCUT2D eigenvalue weighted by molar-refractivity contribution is 0.0676. The van der Waals surface area contributed by atoms with Crippen LogP contribution in [0.3, 0.4) is 0 Å². The summed E-state index contributed by atoms with van der Waals surface area (Å²) in [6.07, 6.45) is 4.97. The van der Waals surface area contributed by atoms with Gasteiger partial charge in [0.25, 0.3) is 0 Å². The van der Waals surface area contributed by atoms with Crippen molar-refractivity contribution in [3.05, 3.63) is 72.3 Å². The third-order valence-corrected chi connectivity index (χ3v) is 5.95. The molecule has 4 N–H and O–H groups in total. The highest BCUT2D eigenvalue weighted by Crippen LogP contribution is 2.35. The number of nitrogens with zero attached hydrogens (tertiary/aromatic N) is 4. The fourth-order valence-corrected chi connectivity index (χ4v) is 4.00. The summed E-state index contributed by atoms with van der Waals surface area (Å²) in [6.45, 7) is 0. The van der Waals surface area contributed by atoms with Crippen LogP contribution in [0.1, 0.15) is 12.8 Å². The maximum atomic E-state index is 13.5. The average Bonchev–Trinajstić information content (AvgIpc) is 3.37. The first-order valence-electron chi connectivity index (χ1n) is 10.7. The molecule has 9 nitrogen and oxygen atoms in total. The molecular formula is C24H21ClN6O3. The number of pyridine rings is 2. The number of nitrogen functional groups attached to an aromatic ring is 1. The van der Waals surface area contributed by atoms with Crippen LogP contribution in [0.25, 0.3) is 22.6 Å². The number of carbonyl (C=O) groups is 1. The van der Waals surface area contributed by atoms with Gasteiger partial charge in [-0.25, -0.2) is 19.7 Å². The molecule has 3 aromatic heterocycles. The molecule has 2 amide bonds. The maximum Gasteiger partial charge on any atom is 0.329 e. The first-order chi connectivity index (χ1) is 16.5. The van der Waals surface area contributed by atoms with Crippen molar-refractivity contribution < 1.29 is 14.3 Å². The number of rotatable bonds is 5. The number of nitrogens with two attached hydrogens (primary N) is 1. The minimum Gasteiger partial charge on any atom is -0.444 e. The van der Waals surface area contributed by atoms with E-state index < -0.39 is 18.2 Å². The van der Waals surface area contributed by atoms with Gasteiger partial charge in [-0.2, -0.15) is 0 Å². The van der Waals surface area contributed by atoms with Gasteiger partial charge in [0.1, 0.15) is 5.82 Å². The highest BCUT2D eigenvalue weighted by Gasteiger charge is 2.39. The summed E-state index contributed by atoms with van der Waals surface area (Å²) in [6, 6.07) is 13.1. The maximum absolute atomic E-state index is 13.5. The van der Waals surface area contributed by atoms with Crippen LogP contribution in [0, 0.1) is 0 Å². The molecule has 2 atom stereocenters. The molecule has 4 aromatic rings. The lowest BCUT2D eigenvalue weighted by Gasteiger charge is -2.41. The molecule has 0 spiro atoms. The Morgan fingerprint density at radius 3 is 2.76 bits per heavy atom. The van der Waals surface area contributed by atoms with E-state index in [1.54, 1.807) is 48.8 Å². The summed E-state index contributed by atoms with van der Waals surface area (Å²) >= 11 is 6.14. The first kappa shape index (κ1) is 21.9. The minimum atomic E-state index is -0.685. The number of oxazole rings is 1. The van der Waals surface area contributed by atoms with Crippen molar-refractivity contribution >= 4 is 35.0 Å². The van der Waals surface area contributed by atoms with Gasteiger partial charge in [-0.05, 0) is 49.2 Å². The van der Waals surface area contributed by atoms with E-state index in [1.807, 2.05) is 12.1 Å². The number of urea groups is 1. The predicted molar refractivity (Wildman–Crippen MR) is 129 cm³/mol. The van der Waals surface area contributed by atoms with Crippen LogP contribution in [0.5, 0.6) is 0 Å². The number of aliphatic hydroxyl groups is 1. The summed E-state index contributed by atoms with van der Waals surface area (Å²) in [5, 5.41) is 13.8. The number of amides is 2. The van der Waals surface area contributed by atoms with Gasteiger partial charge in [-0.3, -0.25) is 10.2 Å². The summed E-state index contributed by atoms with van der Waals surface area (Å²) in [5.41, 5.74) is 8.65. The van der Waals surface area contributed by atoms with E-state index in [1.165, 1.54) is 11.3 Å². The van der Waals surface area contributed by atoms with Crippen molar-refractivity contribution in [2.45, 2.75) is 25.0 Å². The zero-order valence-corrected chi connectivity index (χ0v) is 18.7. The van der Waals surface area contributed by atoms with Crippen LogP contribution in [0.15, 0.2) is 71.7 Å². The minimum absolute atomic E-state index is 0.255. The van der Waals surface area contributed by atoms with E-state index in [9.17, 15) is 9.90 Å². The van der Waals surface area contributed by atoms with Crippen LogP contribution >= 0.6 is 11.6 Å². The predicted octanol–water partition coefficient (Wildman–Crippen LogP) is 4.60.